The van der Waals surface area contributed by atoms with Crippen molar-refractivity contribution in [2.45, 2.75) is 38.7 Å². The van der Waals surface area contributed by atoms with Crippen LogP contribution in [0.15, 0.2) is 76.3 Å². The topological polar surface area (TPSA) is 62.5 Å². The third kappa shape index (κ3) is 5.87. The molecule has 0 bridgehead atoms. The van der Waals surface area contributed by atoms with Crippen molar-refractivity contribution >= 4 is 0 Å². The first-order valence-electron chi connectivity index (χ1n) is 13.2. The first kappa shape index (κ1) is 29.2. The molecule has 0 N–H and O–H groups in total. The van der Waals surface area contributed by atoms with Crippen LogP contribution in [0.1, 0.15) is 28.8 Å². The van der Waals surface area contributed by atoms with Gasteiger partial charge in [-0.05, 0) is 30.7 Å². The van der Waals surface area contributed by atoms with Gasteiger partial charge in [-0.2, -0.15) is 13.2 Å². The second-order valence-electron chi connectivity index (χ2n) is 9.84. The lowest BCUT2D eigenvalue weighted by molar-refractivity contribution is -0.138. The van der Waals surface area contributed by atoms with Crippen molar-refractivity contribution in [3.63, 3.8) is 0 Å². The molecule has 1 atom stereocenters. The molecule has 4 aromatic rings. The average Bonchev–Trinajstić information content (AvgIpc) is 3.47. The van der Waals surface area contributed by atoms with Crippen molar-refractivity contribution in [3.8, 4) is 16.9 Å². The van der Waals surface area contributed by atoms with Gasteiger partial charge in [0, 0.05) is 36.2 Å². The van der Waals surface area contributed by atoms with E-state index in [0.717, 1.165) is 21.3 Å². The molecule has 0 unspecified atom stereocenters. The fourth-order valence-corrected chi connectivity index (χ4v) is 4.97. The van der Waals surface area contributed by atoms with E-state index in [0.29, 0.717) is 24.7 Å². The highest BCUT2D eigenvalue weighted by molar-refractivity contribution is 5.67. The molecule has 0 amide bonds. The molecule has 1 saturated heterocycles. The molecule has 0 saturated carbocycles. The van der Waals surface area contributed by atoms with Gasteiger partial charge >= 0.3 is 11.9 Å². The molecular formula is C31H26F5N2O4. The Morgan fingerprint density at radius 2 is 1.71 bits per heavy atom. The molecule has 2 heterocycles. The number of benzene rings is 3. The van der Waals surface area contributed by atoms with E-state index < -0.39 is 52.8 Å². The average molecular weight is 586 g/mol. The molecule has 3 aromatic carbocycles. The molecule has 0 spiro atoms. The van der Waals surface area contributed by atoms with Gasteiger partial charge in [0.2, 0.25) is 0 Å². The van der Waals surface area contributed by atoms with Crippen LogP contribution in [0.25, 0.3) is 11.1 Å². The van der Waals surface area contributed by atoms with Crippen LogP contribution in [0.3, 0.4) is 0 Å². The van der Waals surface area contributed by atoms with Crippen LogP contribution in [0, 0.1) is 25.0 Å². The van der Waals surface area contributed by atoms with Crippen LogP contribution in [0.2, 0.25) is 0 Å². The summed E-state index contributed by atoms with van der Waals surface area (Å²) in [6.45, 7) is 0.918. The summed E-state index contributed by atoms with van der Waals surface area (Å²) in [5.41, 5.74) is -3.79. The summed E-state index contributed by atoms with van der Waals surface area (Å²) in [4.78, 5) is 27.4. The zero-order valence-corrected chi connectivity index (χ0v) is 22.5. The molecule has 0 aliphatic carbocycles. The van der Waals surface area contributed by atoms with E-state index in [2.05, 4.69) is 0 Å². The monoisotopic (exact) mass is 585 g/mol. The van der Waals surface area contributed by atoms with Crippen LogP contribution in [-0.4, -0.2) is 28.5 Å². The minimum Gasteiger partial charge on any atom is -0.485 e. The quantitative estimate of drug-likeness (QED) is 0.247. The Kier molecular flexibility index (Phi) is 8.31. The summed E-state index contributed by atoms with van der Waals surface area (Å²) in [6, 6.07) is 15.4. The van der Waals surface area contributed by atoms with E-state index in [1.165, 1.54) is 25.1 Å². The Bertz CT molecular complexity index is 1710. The Morgan fingerprint density at radius 3 is 2.40 bits per heavy atom. The molecule has 1 radical (unpaired) electrons. The third-order valence-corrected chi connectivity index (χ3v) is 7.15. The number of hydrogen-bond acceptors (Lipinski definition) is 4. The van der Waals surface area contributed by atoms with Crippen molar-refractivity contribution < 1.29 is 31.4 Å². The standard InChI is InChI=1S/C31H26F5N2O4/c1-19-27(22-9-5-12-26(28(22)33)42-21-14-16-41-18-21)29(39)37(15-13-20-7-3-2-4-8-20)30(40)38(19)17-23-24(31(34,35)36)10-6-11-25(23)32/h2-13,21H,14-18H2,1H3/t21-/m0/s1. The Hall–Kier alpha value is -4.25. The van der Waals surface area contributed by atoms with Crippen molar-refractivity contribution in [3.05, 3.63) is 128 Å². The van der Waals surface area contributed by atoms with Gasteiger partial charge in [-0.15, -0.1) is 0 Å². The van der Waals surface area contributed by atoms with Gasteiger partial charge in [0.05, 0.1) is 30.9 Å². The van der Waals surface area contributed by atoms with Crippen LogP contribution in [-0.2, 0) is 24.0 Å². The lowest BCUT2D eigenvalue weighted by Gasteiger charge is -2.21. The van der Waals surface area contributed by atoms with E-state index in [9.17, 15) is 27.2 Å². The maximum absolute atomic E-state index is 15.9. The third-order valence-electron chi connectivity index (χ3n) is 7.15. The molecule has 5 rings (SSSR count). The maximum Gasteiger partial charge on any atom is 0.416 e. The smallest absolute Gasteiger partial charge is 0.416 e. The summed E-state index contributed by atoms with van der Waals surface area (Å²) >= 11 is 0. The van der Waals surface area contributed by atoms with Gasteiger partial charge in [-0.1, -0.05) is 48.5 Å². The lowest BCUT2D eigenvalue weighted by atomic mass is 10.0. The van der Waals surface area contributed by atoms with Gasteiger partial charge in [0.15, 0.2) is 11.6 Å². The number of aromatic nitrogens is 2. The van der Waals surface area contributed by atoms with E-state index in [1.54, 1.807) is 36.8 Å². The molecule has 1 fully saturated rings. The fourth-order valence-electron chi connectivity index (χ4n) is 4.97. The maximum atomic E-state index is 15.9. The van der Waals surface area contributed by atoms with E-state index in [1.807, 2.05) is 0 Å². The largest absolute Gasteiger partial charge is 0.485 e. The van der Waals surface area contributed by atoms with E-state index >= 15 is 4.39 Å². The molecule has 219 valence electrons. The van der Waals surface area contributed by atoms with Gasteiger partial charge in [0.25, 0.3) is 5.56 Å². The highest BCUT2D eigenvalue weighted by atomic mass is 19.4. The first-order chi connectivity index (χ1) is 20.1. The second kappa shape index (κ2) is 11.9. The van der Waals surface area contributed by atoms with Gasteiger partial charge in [-0.3, -0.25) is 13.9 Å². The van der Waals surface area contributed by atoms with Crippen LogP contribution < -0.4 is 16.0 Å². The van der Waals surface area contributed by atoms with E-state index in [-0.39, 0.29) is 35.7 Å². The zero-order valence-electron chi connectivity index (χ0n) is 22.5. The molecular weight excluding hydrogens is 559 g/mol. The predicted octanol–water partition coefficient (Wildman–Crippen LogP) is 5.75. The number of ether oxygens (including phenoxy) is 2. The summed E-state index contributed by atoms with van der Waals surface area (Å²) in [5, 5.41) is 0. The fraction of sp³-hybridized carbons (Fsp3) is 0.258. The second-order valence-corrected chi connectivity index (χ2v) is 9.84. The molecule has 1 aliphatic rings. The number of hydrogen-bond donors (Lipinski definition) is 0. The van der Waals surface area contributed by atoms with Crippen molar-refractivity contribution in [1.29, 1.82) is 0 Å². The summed E-state index contributed by atoms with van der Waals surface area (Å²) in [6.07, 6.45) is -3.19. The number of halogens is 5. The molecule has 42 heavy (non-hydrogen) atoms. The predicted molar refractivity (Wildman–Crippen MR) is 145 cm³/mol. The molecule has 1 aromatic heterocycles. The Morgan fingerprint density at radius 1 is 0.976 bits per heavy atom. The van der Waals surface area contributed by atoms with Crippen LogP contribution >= 0.6 is 0 Å². The molecule has 1 aliphatic heterocycles. The van der Waals surface area contributed by atoms with E-state index in [4.69, 9.17) is 9.47 Å². The summed E-state index contributed by atoms with van der Waals surface area (Å²) in [7, 11) is 0. The van der Waals surface area contributed by atoms with Crippen molar-refractivity contribution in [2.24, 2.45) is 0 Å². The SMILES string of the molecule is Cc1c(-c2cccc(O[C@H]3CCOC3)c2F)c(=O)n(C[CH]c2ccccc2)c(=O)n1Cc1c(F)cccc1C(F)(F)F. The minimum absolute atomic E-state index is 0.127. The number of nitrogens with zero attached hydrogens (tertiary/aromatic N) is 2. The number of rotatable bonds is 8. The molecule has 6 nitrogen and oxygen atoms in total. The summed E-state index contributed by atoms with van der Waals surface area (Å²) in [5.74, 6) is -2.20. The Labute approximate surface area is 237 Å². The Balaban J connectivity index is 1.68. The summed E-state index contributed by atoms with van der Waals surface area (Å²) < 4.78 is 84.8. The zero-order chi connectivity index (χ0) is 30.0. The minimum atomic E-state index is -4.91. The van der Waals surface area contributed by atoms with Crippen molar-refractivity contribution in [1.82, 2.24) is 9.13 Å². The van der Waals surface area contributed by atoms with Gasteiger partial charge in [0.1, 0.15) is 11.9 Å². The van der Waals surface area contributed by atoms with Crippen LogP contribution in [0.5, 0.6) is 5.75 Å². The normalized spacial score (nSPS) is 15.2. The molecule has 11 heteroatoms. The van der Waals surface area contributed by atoms with Crippen LogP contribution in [0.4, 0.5) is 22.0 Å². The lowest BCUT2D eigenvalue weighted by Crippen LogP contribution is -2.42. The van der Waals surface area contributed by atoms with Crippen molar-refractivity contribution in [2.75, 3.05) is 13.2 Å². The van der Waals surface area contributed by atoms with Gasteiger partial charge in [-0.25, -0.2) is 13.6 Å². The number of alkyl halides is 3. The highest BCUT2D eigenvalue weighted by Gasteiger charge is 2.35. The first-order valence-corrected chi connectivity index (χ1v) is 13.2. The highest BCUT2D eigenvalue weighted by Crippen LogP contribution is 2.34. The van der Waals surface area contributed by atoms with Gasteiger partial charge < -0.3 is 9.47 Å².